The Morgan fingerprint density at radius 3 is 2.83 bits per heavy atom. The van der Waals surface area contributed by atoms with Crippen molar-refractivity contribution in [3.63, 3.8) is 0 Å². The lowest BCUT2D eigenvalue weighted by Gasteiger charge is -2.29. The van der Waals surface area contributed by atoms with E-state index < -0.39 is 11.9 Å². The van der Waals surface area contributed by atoms with Gasteiger partial charge in [-0.2, -0.15) is 15.4 Å². The molecule has 0 bridgehead atoms. The van der Waals surface area contributed by atoms with E-state index in [1.54, 1.807) is 11.8 Å². The molecule has 8 nitrogen and oxygen atoms in total. The number of carbonyl (C=O) groups excluding carboxylic acids is 2. The topological polar surface area (TPSA) is 100 Å². The van der Waals surface area contributed by atoms with Crippen LogP contribution in [0.1, 0.15) is 17.4 Å². The smallest absolute Gasteiger partial charge is 0.274 e. The Labute approximate surface area is 104 Å². The summed E-state index contributed by atoms with van der Waals surface area (Å²) in [5.41, 5.74) is 0.164. The number of nitrogens with one attached hydrogen (secondary N) is 2. The lowest BCUT2D eigenvalue weighted by molar-refractivity contribution is -0.136. The number of carbonyl (C=O) groups is 2. The number of ether oxygens (including phenoxy) is 1. The Bertz CT molecular complexity index is 413. The summed E-state index contributed by atoms with van der Waals surface area (Å²) in [5, 5.41) is 12.1. The average Bonchev–Trinajstić information content (AvgIpc) is 2.92. The van der Waals surface area contributed by atoms with Crippen molar-refractivity contribution in [3.8, 4) is 0 Å². The highest BCUT2D eigenvalue weighted by molar-refractivity contribution is 5.95. The molecule has 1 aliphatic heterocycles. The van der Waals surface area contributed by atoms with Crippen LogP contribution in [0, 0.1) is 0 Å². The van der Waals surface area contributed by atoms with E-state index in [1.165, 1.54) is 6.20 Å². The second-order valence-electron chi connectivity index (χ2n) is 3.99. The van der Waals surface area contributed by atoms with Gasteiger partial charge >= 0.3 is 0 Å². The molecule has 1 saturated heterocycles. The molecule has 2 amide bonds. The first-order valence-electron chi connectivity index (χ1n) is 5.71. The van der Waals surface area contributed by atoms with E-state index in [-0.39, 0.29) is 11.6 Å². The van der Waals surface area contributed by atoms with Crippen LogP contribution in [0.15, 0.2) is 6.20 Å². The molecule has 0 radical (unpaired) electrons. The summed E-state index contributed by atoms with van der Waals surface area (Å²) in [6.07, 6.45) is 1.31. The molecule has 2 N–H and O–H groups in total. The molecule has 1 aromatic heterocycles. The maximum absolute atomic E-state index is 12.0. The Morgan fingerprint density at radius 2 is 2.22 bits per heavy atom. The van der Waals surface area contributed by atoms with Gasteiger partial charge < -0.3 is 15.0 Å². The summed E-state index contributed by atoms with van der Waals surface area (Å²) in [6.45, 7) is 3.84. The van der Waals surface area contributed by atoms with Crippen LogP contribution >= 0.6 is 0 Å². The average molecular weight is 253 g/mol. The van der Waals surface area contributed by atoms with Crippen molar-refractivity contribution in [1.29, 1.82) is 0 Å². The summed E-state index contributed by atoms with van der Waals surface area (Å²) in [7, 11) is 0. The Morgan fingerprint density at radius 1 is 1.50 bits per heavy atom. The van der Waals surface area contributed by atoms with Gasteiger partial charge in [0.25, 0.3) is 5.91 Å². The first-order chi connectivity index (χ1) is 8.68. The van der Waals surface area contributed by atoms with Crippen molar-refractivity contribution in [3.05, 3.63) is 11.9 Å². The van der Waals surface area contributed by atoms with Gasteiger partial charge in [0.15, 0.2) is 5.69 Å². The van der Waals surface area contributed by atoms with Crippen molar-refractivity contribution < 1.29 is 14.3 Å². The molecule has 98 valence electrons. The van der Waals surface area contributed by atoms with Crippen molar-refractivity contribution >= 4 is 11.8 Å². The number of hydrogen-bond donors (Lipinski definition) is 2. The zero-order valence-corrected chi connectivity index (χ0v) is 10.0. The van der Waals surface area contributed by atoms with Crippen LogP contribution in [0.2, 0.25) is 0 Å². The van der Waals surface area contributed by atoms with Crippen molar-refractivity contribution in [2.24, 2.45) is 0 Å². The maximum atomic E-state index is 12.0. The van der Waals surface area contributed by atoms with Crippen LogP contribution in [0.3, 0.4) is 0 Å². The van der Waals surface area contributed by atoms with Gasteiger partial charge in [0.1, 0.15) is 6.04 Å². The summed E-state index contributed by atoms with van der Waals surface area (Å²) in [4.78, 5) is 25.4. The highest BCUT2D eigenvalue weighted by atomic mass is 16.5. The highest BCUT2D eigenvalue weighted by Crippen LogP contribution is 2.01. The van der Waals surface area contributed by atoms with E-state index in [0.717, 1.165) is 0 Å². The van der Waals surface area contributed by atoms with E-state index in [0.29, 0.717) is 26.3 Å². The van der Waals surface area contributed by atoms with Crippen LogP contribution in [-0.2, 0) is 9.53 Å². The van der Waals surface area contributed by atoms with E-state index in [2.05, 4.69) is 20.7 Å². The minimum Gasteiger partial charge on any atom is -0.378 e. The first-order valence-corrected chi connectivity index (χ1v) is 5.71. The van der Waals surface area contributed by atoms with E-state index >= 15 is 0 Å². The maximum Gasteiger partial charge on any atom is 0.274 e. The quantitative estimate of drug-likeness (QED) is 0.703. The van der Waals surface area contributed by atoms with Gasteiger partial charge in [-0.25, -0.2) is 0 Å². The molecule has 0 spiro atoms. The van der Waals surface area contributed by atoms with Gasteiger partial charge in [0.05, 0.1) is 19.4 Å². The monoisotopic (exact) mass is 253 g/mol. The number of aromatic nitrogens is 3. The molecule has 1 aliphatic rings. The highest BCUT2D eigenvalue weighted by Gasteiger charge is 2.24. The zero-order chi connectivity index (χ0) is 13.0. The molecule has 8 heteroatoms. The molecule has 1 unspecified atom stereocenters. The molecular formula is C10H15N5O3. The Balaban J connectivity index is 1.88. The second kappa shape index (κ2) is 5.58. The van der Waals surface area contributed by atoms with Gasteiger partial charge in [-0.15, -0.1) is 0 Å². The zero-order valence-electron chi connectivity index (χ0n) is 10.0. The minimum absolute atomic E-state index is 0.116. The van der Waals surface area contributed by atoms with Crippen LogP contribution in [0.5, 0.6) is 0 Å². The fraction of sp³-hybridized carbons (Fsp3) is 0.600. The standard InChI is InChI=1S/C10H15N5O3/c1-7(10(17)15-2-4-18-5-3-15)12-9(16)8-6-11-14-13-8/h6-7H,2-5H2,1H3,(H,12,16)(H,11,13,14). The number of rotatable bonds is 3. The Hall–Kier alpha value is -1.96. The third-order valence-corrected chi connectivity index (χ3v) is 2.69. The molecule has 0 saturated carbocycles. The van der Waals surface area contributed by atoms with Crippen LogP contribution < -0.4 is 5.32 Å². The van der Waals surface area contributed by atoms with Gasteiger partial charge in [-0.3, -0.25) is 9.59 Å². The van der Waals surface area contributed by atoms with Gasteiger partial charge in [-0.05, 0) is 6.92 Å². The normalized spacial score (nSPS) is 17.3. The number of amides is 2. The predicted molar refractivity (Wildman–Crippen MR) is 60.7 cm³/mol. The largest absolute Gasteiger partial charge is 0.378 e. The van der Waals surface area contributed by atoms with Gasteiger partial charge in [0, 0.05) is 13.1 Å². The van der Waals surface area contributed by atoms with E-state index in [1.807, 2.05) is 0 Å². The summed E-state index contributed by atoms with van der Waals surface area (Å²) < 4.78 is 5.17. The Kier molecular flexibility index (Phi) is 3.88. The number of hydrogen-bond acceptors (Lipinski definition) is 5. The van der Waals surface area contributed by atoms with Crippen molar-refractivity contribution in [2.45, 2.75) is 13.0 Å². The molecule has 1 atom stereocenters. The van der Waals surface area contributed by atoms with Crippen molar-refractivity contribution in [2.75, 3.05) is 26.3 Å². The van der Waals surface area contributed by atoms with E-state index in [9.17, 15) is 9.59 Å². The lowest BCUT2D eigenvalue weighted by Crippen LogP contribution is -2.50. The fourth-order valence-corrected chi connectivity index (χ4v) is 1.70. The molecule has 1 aromatic rings. The number of nitrogens with zero attached hydrogens (tertiary/aromatic N) is 3. The molecule has 0 aliphatic carbocycles. The molecular weight excluding hydrogens is 238 g/mol. The summed E-state index contributed by atoms with van der Waals surface area (Å²) in [6, 6.07) is -0.590. The minimum atomic E-state index is -0.590. The van der Waals surface area contributed by atoms with Gasteiger partial charge in [-0.1, -0.05) is 0 Å². The van der Waals surface area contributed by atoms with Crippen LogP contribution in [-0.4, -0.2) is 64.5 Å². The second-order valence-corrected chi connectivity index (χ2v) is 3.99. The van der Waals surface area contributed by atoms with E-state index in [4.69, 9.17) is 4.74 Å². The molecule has 2 heterocycles. The fourth-order valence-electron chi connectivity index (χ4n) is 1.70. The number of aromatic amines is 1. The molecule has 1 fully saturated rings. The summed E-state index contributed by atoms with van der Waals surface area (Å²) >= 11 is 0. The third kappa shape index (κ3) is 2.83. The number of H-pyrrole nitrogens is 1. The molecule has 0 aromatic carbocycles. The van der Waals surface area contributed by atoms with Crippen molar-refractivity contribution in [1.82, 2.24) is 25.6 Å². The predicted octanol–water partition coefficient (Wildman–Crippen LogP) is -1.22. The van der Waals surface area contributed by atoms with Gasteiger partial charge in [0.2, 0.25) is 5.91 Å². The molecule has 18 heavy (non-hydrogen) atoms. The first kappa shape index (κ1) is 12.5. The SMILES string of the molecule is CC(NC(=O)c1cn[nH]n1)C(=O)N1CCOCC1. The lowest BCUT2D eigenvalue weighted by atomic mass is 10.2. The van der Waals surface area contributed by atoms with Crippen LogP contribution in [0.25, 0.3) is 0 Å². The summed E-state index contributed by atoms with van der Waals surface area (Å²) in [5.74, 6) is -0.534. The molecule has 2 rings (SSSR count). The van der Waals surface area contributed by atoms with Crippen LogP contribution in [0.4, 0.5) is 0 Å². The third-order valence-electron chi connectivity index (χ3n) is 2.69. The number of morpholine rings is 1.